The molecule has 0 unspecified atom stereocenters. The Morgan fingerprint density at radius 1 is 1.32 bits per heavy atom. The van der Waals surface area contributed by atoms with Crippen molar-refractivity contribution in [3.63, 3.8) is 0 Å². The predicted molar refractivity (Wildman–Crippen MR) is 93.3 cm³/mol. The summed E-state index contributed by atoms with van der Waals surface area (Å²) < 4.78 is 4.14. The molecule has 4 aromatic heterocycles. The monoisotopic (exact) mass is 331 g/mol. The van der Waals surface area contributed by atoms with Crippen LogP contribution in [-0.4, -0.2) is 29.3 Å². The fourth-order valence-corrected chi connectivity index (χ4v) is 3.38. The fraction of sp³-hybridized carbons (Fsp3) is 0.333. The van der Waals surface area contributed by atoms with Gasteiger partial charge in [-0.1, -0.05) is 0 Å². The number of aryl methyl sites for hydroxylation is 1. The summed E-state index contributed by atoms with van der Waals surface area (Å²) in [7, 11) is 0. The molecule has 0 bridgehead atoms. The van der Waals surface area contributed by atoms with E-state index >= 15 is 0 Å². The Balaban J connectivity index is 1.67. The van der Waals surface area contributed by atoms with Crippen LogP contribution in [0.25, 0.3) is 27.8 Å². The zero-order valence-corrected chi connectivity index (χ0v) is 13.7. The molecule has 5 rings (SSSR count). The zero-order chi connectivity index (χ0) is 16.8. The van der Waals surface area contributed by atoms with Gasteiger partial charge in [0.2, 0.25) is 0 Å². The Bertz CT molecular complexity index is 1100. The Kier molecular flexibility index (Phi) is 3.10. The van der Waals surface area contributed by atoms with Crippen molar-refractivity contribution in [2.75, 3.05) is 0 Å². The molecule has 7 heteroatoms. The minimum Gasteiger partial charge on any atom is -0.346 e. The van der Waals surface area contributed by atoms with Gasteiger partial charge in [0.25, 0.3) is 0 Å². The maximum Gasteiger partial charge on any atom is 0.139 e. The first kappa shape index (κ1) is 14.2. The van der Waals surface area contributed by atoms with E-state index in [0.29, 0.717) is 12.3 Å². The van der Waals surface area contributed by atoms with Gasteiger partial charge in [-0.3, -0.25) is 9.25 Å². The van der Waals surface area contributed by atoms with Gasteiger partial charge in [-0.15, -0.1) is 0 Å². The van der Waals surface area contributed by atoms with Crippen LogP contribution in [0.2, 0.25) is 0 Å². The van der Waals surface area contributed by atoms with Crippen molar-refractivity contribution in [3.8, 4) is 11.8 Å². The third-order valence-electron chi connectivity index (χ3n) is 4.72. The number of nitriles is 1. The van der Waals surface area contributed by atoms with Gasteiger partial charge in [0.15, 0.2) is 0 Å². The SMILES string of the molecule is N#CCCCn1cc(-n2c(C3CC3)nc3cnc4[nH]ccc4c32)cn1. The maximum atomic E-state index is 8.70. The van der Waals surface area contributed by atoms with Crippen molar-refractivity contribution in [2.45, 2.75) is 38.1 Å². The van der Waals surface area contributed by atoms with E-state index in [0.717, 1.165) is 46.5 Å². The summed E-state index contributed by atoms with van der Waals surface area (Å²) >= 11 is 0. The largest absolute Gasteiger partial charge is 0.346 e. The third kappa shape index (κ3) is 2.30. The predicted octanol–water partition coefficient (Wildman–Crippen LogP) is 3.28. The van der Waals surface area contributed by atoms with Crippen molar-refractivity contribution in [2.24, 2.45) is 0 Å². The van der Waals surface area contributed by atoms with E-state index in [4.69, 9.17) is 10.2 Å². The molecule has 25 heavy (non-hydrogen) atoms. The van der Waals surface area contributed by atoms with Gasteiger partial charge in [-0.05, 0) is 25.3 Å². The standard InChI is InChI=1S/C18H17N7/c19-6-1-2-8-24-11-13(9-22-24)25-16-14-5-7-20-17(14)21-10-15(16)23-18(25)12-3-4-12/h5,7,9-12H,1-4,8H2,(H,20,21). The van der Waals surface area contributed by atoms with Crippen LogP contribution < -0.4 is 0 Å². The number of H-pyrrole nitrogens is 1. The summed E-state index contributed by atoms with van der Waals surface area (Å²) in [5, 5.41) is 14.3. The summed E-state index contributed by atoms with van der Waals surface area (Å²) in [6, 6.07) is 4.23. The highest BCUT2D eigenvalue weighted by Gasteiger charge is 2.31. The first-order valence-corrected chi connectivity index (χ1v) is 8.59. The van der Waals surface area contributed by atoms with Gasteiger partial charge in [0.1, 0.15) is 17.0 Å². The van der Waals surface area contributed by atoms with Crippen molar-refractivity contribution in [1.29, 1.82) is 5.26 Å². The molecule has 0 amide bonds. The Morgan fingerprint density at radius 3 is 3.08 bits per heavy atom. The van der Waals surface area contributed by atoms with Crippen molar-refractivity contribution < 1.29 is 0 Å². The molecule has 0 aromatic carbocycles. The van der Waals surface area contributed by atoms with Gasteiger partial charge in [0.05, 0.1) is 29.7 Å². The summed E-state index contributed by atoms with van der Waals surface area (Å²) in [5.74, 6) is 1.62. The van der Waals surface area contributed by atoms with Gasteiger partial charge < -0.3 is 4.98 Å². The number of aromatic amines is 1. The first-order chi connectivity index (χ1) is 12.3. The Labute approximate surface area is 143 Å². The number of nitrogens with zero attached hydrogens (tertiary/aromatic N) is 6. The maximum absolute atomic E-state index is 8.70. The molecule has 124 valence electrons. The fourth-order valence-electron chi connectivity index (χ4n) is 3.38. The van der Waals surface area contributed by atoms with Crippen molar-refractivity contribution in [3.05, 3.63) is 36.7 Å². The second-order valence-corrected chi connectivity index (χ2v) is 6.53. The summed E-state index contributed by atoms with van der Waals surface area (Å²) in [5.41, 5.74) is 3.91. The zero-order valence-electron chi connectivity index (χ0n) is 13.7. The molecule has 0 saturated heterocycles. The van der Waals surface area contributed by atoms with E-state index in [1.165, 1.54) is 12.8 Å². The first-order valence-electron chi connectivity index (χ1n) is 8.59. The molecule has 1 fully saturated rings. The smallest absolute Gasteiger partial charge is 0.139 e. The van der Waals surface area contributed by atoms with Crippen molar-refractivity contribution in [1.82, 2.24) is 29.3 Å². The minimum atomic E-state index is 0.517. The van der Waals surface area contributed by atoms with Crippen LogP contribution in [0.15, 0.2) is 30.9 Å². The van der Waals surface area contributed by atoms with E-state index in [2.05, 4.69) is 31.8 Å². The topological polar surface area (TPSA) is 88.1 Å². The second kappa shape index (κ2) is 5.45. The lowest BCUT2D eigenvalue weighted by molar-refractivity contribution is 0.585. The van der Waals surface area contributed by atoms with E-state index < -0.39 is 0 Å². The molecule has 0 spiro atoms. The number of unbranched alkanes of at least 4 members (excludes halogenated alkanes) is 1. The molecule has 0 aliphatic heterocycles. The molecule has 1 N–H and O–H groups in total. The highest BCUT2D eigenvalue weighted by Crippen LogP contribution is 2.42. The van der Waals surface area contributed by atoms with E-state index in [-0.39, 0.29) is 0 Å². The van der Waals surface area contributed by atoms with Gasteiger partial charge in [-0.25, -0.2) is 9.97 Å². The van der Waals surface area contributed by atoms with Crippen LogP contribution in [0, 0.1) is 11.3 Å². The second-order valence-electron chi connectivity index (χ2n) is 6.53. The summed E-state index contributed by atoms with van der Waals surface area (Å²) in [6.45, 7) is 0.750. The molecular formula is C18H17N7. The number of hydrogen-bond donors (Lipinski definition) is 1. The van der Waals surface area contributed by atoms with Crippen LogP contribution in [0.3, 0.4) is 0 Å². The highest BCUT2D eigenvalue weighted by molar-refractivity contribution is 6.02. The number of nitrogens with one attached hydrogen (secondary N) is 1. The van der Waals surface area contributed by atoms with Crippen LogP contribution in [0.1, 0.15) is 37.4 Å². The highest BCUT2D eigenvalue weighted by atomic mass is 15.3. The van der Waals surface area contributed by atoms with Crippen LogP contribution in [0.4, 0.5) is 0 Å². The van der Waals surface area contributed by atoms with Gasteiger partial charge in [-0.2, -0.15) is 10.4 Å². The molecular weight excluding hydrogens is 314 g/mol. The molecule has 1 aliphatic carbocycles. The summed E-state index contributed by atoms with van der Waals surface area (Å²) in [6.07, 6.45) is 11.4. The molecule has 4 aromatic rings. The number of rotatable bonds is 5. The van der Waals surface area contributed by atoms with E-state index in [1.54, 1.807) is 0 Å². The van der Waals surface area contributed by atoms with Crippen LogP contribution in [0.5, 0.6) is 0 Å². The van der Waals surface area contributed by atoms with Gasteiger partial charge in [0, 0.05) is 36.7 Å². The lowest BCUT2D eigenvalue weighted by atomic mass is 10.3. The van der Waals surface area contributed by atoms with Crippen LogP contribution in [-0.2, 0) is 6.54 Å². The minimum absolute atomic E-state index is 0.517. The normalized spacial score (nSPS) is 14.4. The Morgan fingerprint density at radius 2 is 2.24 bits per heavy atom. The van der Waals surface area contributed by atoms with Crippen LogP contribution >= 0.6 is 0 Å². The lowest BCUT2D eigenvalue weighted by Crippen LogP contribution is -2.00. The molecule has 1 saturated carbocycles. The molecule has 0 atom stereocenters. The molecule has 7 nitrogen and oxygen atoms in total. The average molecular weight is 331 g/mol. The number of pyridine rings is 1. The van der Waals surface area contributed by atoms with Crippen molar-refractivity contribution >= 4 is 22.1 Å². The number of imidazole rings is 1. The van der Waals surface area contributed by atoms with E-state index in [9.17, 15) is 0 Å². The Hall–Kier alpha value is -3.14. The third-order valence-corrected chi connectivity index (χ3v) is 4.72. The molecule has 0 radical (unpaired) electrons. The molecule has 1 aliphatic rings. The number of aromatic nitrogens is 6. The number of hydrogen-bond acceptors (Lipinski definition) is 4. The molecule has 4 heterocycles. The summed E-state index contributed by atoms with van der Waals surface area (Å²) in [4.78, 5) is 12.5. The number of fused-ring (bicyclic) bond motifs is 3. The van der Waals surface area contributed by atoms with E-state index in [1.807, 2.05) is 29.5 Å². The quantitative estimate of drug-likeness (QED) is 0.568. The van der Waals surface area contributed by atoms with Gasteiger partial charge >= 0.3 is 0 Å². The lowest BCUT2D eigenvalue weighted by Gasteiger charge is -2.06. The average Bonchev–Trinajstić information content (AvgIpc) is 3.04.